The quantitative estimate of drug-likeness (QED) is 0.660. The molecule has 0 aromatic heterocycles. The summed E-state index contributed by atoms with van der Waals surface area (Å²) in [5.41, 5.74) is 0.258. The molecule has 2 unspecified atom stereocenters. The van der Waals surface area contributed by atoms with Gasteiger partial charge in [0, 0.05) is 5.88 Å². The maximum Gasteiger partial charge on any atom is 0.160 e. The van der Waals surface area contributed by atoms with E-state index in [2.05, 4.69) is 0 Å². The molecular weight excluding hydrogens is 277 g/mol. The Morgan fingerprint density at radius 2 is 1.69 bits per heavy atom. The van der Waals surface area contributed by atoms with E-state index in [0.717, 1.165) is 0 Å². The minimum atomic E-state index is -1.19. The van der Waals surface area contributed by atoms with Crippen molar-refractivity contribution in [1.82, 2.24) is 0 Å². The Morgan fingerprint density at radius 1 is 1.19 bits per heavy atom. The molecule has 0 bridgehead atoms. The minimum absolute atomic E-state index is 0.195. The largest absolute Gasteiger partial charge is 0.390 e. The summed E-state index contributed by atoms with van der Waals surface area (Å²) in [6.07, 6.45) is -2.00. The van der Waals surface area contributed by atoms with E-state index >= 15 is 0 Å². The summed E-state index contributed by atoms with van der Waals surface area (Å²) in [4.78, 5) is 0. The second-order valence-corrected chi connectivity index (χ2v) is 4.48. The van der Waals surface area contributed by atoms with Gasteiger partial charge in [-0.3, -0.25) is 0 Å². The highest BCUT2D eigenvalue weighted by Gasteiger charge is 2.20. The molecule has 6 heteroatoms. The van der Waals surface area contributed by atoms with Gasteiger partial charge in [-0.05, 0) is 24.1 Å². The van der Waals surface area contributed by atoms with Crippen LogP contribution >= 0.6 is 34.8 Å². The zero-order chi connectivity index (χ0) is 12.3. The van der Waals surface area contributed by atoms with Gasteiger partial charge in [0.25, 0.3) is 0 Å². The Kier molecular flexibility index (Phi) is 5.28. The lowest BCUT2D eigenvalue weighted by atomic mass is 10.0. The monoisotopic (exact) mass is 286 g/mol. The number of rotatable bonds is 4. The maximum absolute atomic E-state index is 13.1. The zero-order valence-electron chi connectivity index (χ0n) is 8.13. The highest BCUT2D eigenvalue weighted by atomic mass is 35.5. The Morgan fingerprint density at radius 3 is 2.12 bits per heavy atom. The topological polar surface area (TPSA) is 40.5 Å². The van der Waals surface area contributed by atoms with E-state index in [1.54, 1.807) is 0 Å². The first kappa shape index (κ1) is 14.0. The fourth-order valence-electron chi connectivity index (χ4n) is 1.24. The van der Waals surface area contributed by atoms with Crippen molar-refractivity contribution in [2.45, 2.75) is 18.6 Å². The highest BCUT2D eigenvalue weighted by Crippen LogP contribution is 2.29. The molecule has 0 spiro atoms. The third-order valence-corrected chi connectivity index (χ3v) is 2.89. The molecule has 2 nitrogen and oxygen atoms in total. The van der Waals surface area contributed by atoms with Crippen molar-refractivity contribution in [2.24, 2.45) is 0 Å². The molecule has 1 aromatic carbocycles. The number of hydrogen-bond donors (Lipinski definition) is 2. The maximum atomic E-state index is 13.1. The minimum Gasteiger partial charge on any atom is -0.390 e. The SMILES string of the molecule is OC(CCCl)C(O)c1cc(Cl)c(F)c(Cl)c1. The van der Waals surface area contributed by atoms with E-state index in [9.17, 15) is 14.6 Å². The van der Waals surface area contributed by atoms with Crippen molar-refractivity contribution in [3.63, 3.8) is 0 Å². The van der Waals surface area contributed by atoms with Crippen LogP contribution in [0.1, 0.15) is 18.1 Å². The molecule has 2 atom stereocenters. The lowest BCUT2D eigenvalue weighted by Crippen LogP contribution is -2.18. The number of alkyl halides is 1. The van der Waals surface area contributed by atoms with E-state index in [1.807, 2.05) is 0 Å². The third kappa shape index (κ3) is 3.22. The van der Waals surface area contributed by atoms with E-state index in [-0.39, 0.29) is 27.9 Å². The second-order valence-electron chi connectivity index (χ2n) is 3.29. The molecular formula is C10H10Cl3FO2. The van der Waals surface area contributed by atoms with Crippen LogP contribution < -0.4 is 0 Å². The predicted octanol–water partition coefficient (Wildman–Crippen LogP) is 3.16. The summed E-state index contributed by atoms with van der Waals surface area (Å²) in [6.45, 7) is 0. The third-order valence-electron chi connectivity index (χ3n) is 2.12. The number of aliphatic hydroxyl groups excluding tert-OH is 2. The van der Waals surface area contributed by atoms with Crippen LogP contribution in [0.2, 0.25) is 10.0 Å². The summed E-state index contributed by atoms with van der Waals surface area (Å²) in [5.74, 6) is -0.535. The Bertz CT molecular complexity index is 350. The molecule has 0 heterocycles. The first-order valence-electron chi connectivity index (χ1n) is 4.54. The molecule has 0 aliphatic heterocycles. The molecule has 0 radical (unpaired) electrons. The van der Waals surface area contributed by atoms with Crippen LogP contribution in [-0.4, -0.2) is 22.2 Å². The summed E-state index contributed by atoms with van der Waals surface area (Å²) >= 11 is 16.6. The molecule has 1 rings (SSSR count). The molecule has 2 N–H and O–H groups in total. The summed E-state index contributed by atoms with van der Waals surface area (Å²) < 4.78 is 13.1. The van der Waals surface area contributed by atoms with Gasteiger partial charge in [0.05, 0.1) is 16.1 Å². The lowest BCUT2D eigenvalue weighted by molar-refractivity contribution is 0.0170. The predicted molar refractivity (Wildman–Crippen MR) is 62.7 cm³/mol. The van der Waals surface area contributed by atoms with Crippen LogP contribution in [0, 0.1) is 5.82 Å². The second kappa shape index (κ2) is 6.03. The van der Waals surface area contributed by atoms with Crippen LogP contribution in [0.4, 0.5) is 4.39 Å². The van der Waals surface area contributed by atoms with E-state index < -0.39 is 18.0 Å². The fraction of sp³-hybridized carbons (Fsp3) is 0.400. The molecule has 0 saturated carbocycles. The molecule has 0 fully saturated rings. The number of halogens is 4. The zero-order valence-corrected chi connectivity index (χ0v) is 10.4. The highest BCUT2D eigenvalue weighted by molar-refractivity contribution is 6.35. The van der Waals surface area contributed by atoms with Crippen molar-refractivity contribution < 1.29 is 14.6 Å². The van der Waals surface area contributed by atoms with Gasteiger partial charge in [-0.25, -0.2) is 4.39 Å². The average molecular weight is 288 g/mol. The van der Waals surface area contributed by atoms with Crippen LogP contribution in [0.25, 0.3) is 0 Å². The first-order chi connectivity index (χ1) is 7.47. The Hall–Kier alpha value is -0.0600. The van der Waals surface area contributed by atoms with Crippen LogP contribution in [0.15, 0.2) is 12.1 Å². The first-order valence-corrected chi connectivity index (χ1v) is 5.83. The van der Waals surface area contributed by atoms with Gasteiger partial charge in [-0.2, -0.15) is 0 Å². The molecule has 0 amide bonds. The van der Waals surface area contributed by atoms with Crippen LogP contribution in [0.5, 0.6) is 0 Å². The van der Waals surface area contributed by atoms with Crippen LogP contribution in [0.3, 0.4) is 0 Å². The number of hydrogen-bond acceptors (Lipinski definition) is 2. The van der Waals surface area contributed by atoms with E-state index in [1.165, 1.54) is 12.1 Å². The van der Waals surface area contributed by atoms with Crippen molar-refractivity contribution >= 4 is 34.8 Å². The van der Waals surface area contributed by atoms with Crippen molar-refractivity contribution in [1.29, 1.82) is 0 Å². The molecule has 16 heavy (non-hydrogen) atoms. The summed E-state index contributed by atoms with van der Waals surface area (Å²) in [5, 5.41) is 18.8. The number of aliphatic hydroxyl groups is 2. The van der Waals surface area contributed by atoms with Gasteiger partial charge in [-0.1, -0.05) is 23.2 Å². The summed E-state index contributed by atoms with van der Waals surface area (Å²) in [7, 11) is 0. The van der Waals surface area contributed by atoms with Gasteiger partial charge >= 0.3 is 0 Å². The van der Waals surface area contributed by atoms with Gasteiger partial charge < -0.3 is 10.2 Å². The Balaban J connectivity index is 2.96. The van der Waals surface area contributed by atoms with Gasteiger partial charge in [0.1, 0.15) is 6.10 Å². The molecule has 0 saturated heterocycles. The normalized spacial score (nSPS) is 14.9. The smallest absolute Gasteiger partial charge is 0.160 e. The number of benzene rings is 1. The summed E-state index contributed by atoms with van der Waals surface area (Å²) in [6, 6.07) is 2.45. The molecule has 0 aliphatic carbocycles. The van der Waals surface area contributed by atoms with Crippen molar-refractivity contribution in [3.05, 3.63) is 33.6 Å². The lowest BCUT2D eigenvalue weighted by Gasteiger charge is -2.17. The van der Waals surface area contributed by atoms with E-state index in [4.69, 9.17) is 34.8 Å². The van der Waals surface area contributed by atoms with Gasteiger partial charge in [0.2, 0.25) is 0 Å². The standard InChI is InChI=1S/C10H10Cl3FO2/c11-2-1-8(15)10(16)5-3-6(12)9(14)7(13)4-5/h3-4,8,10,15-16H,1-2H2. The van der Waals surface area contributed by atoms with E-state index in [0.29, 0.717) is 0 Å². The van der Waals surface area contributed by atoms with Crippen molar-refractivity contribution in [2.75, 3.05) is 5.88 Å². The fourth-order valence-corrected chi connectivity index (χ4v) is 1.97. The molecule has 90 valence electrons. The Labute approximate surface area is 108 Å². The van der Waals surface area contributed by atoms with Gasteiger partial charge in [0.15, 0.2) is 5.82 Å². The van der Waals surface area contributed by atoms with Crippen molar-refractivity contribution in [3.8, 4) is 0 Å². The molecule has 0 aliphatic rings. The average Bonchev–Trinajstić information content (AvgIpc) is 2.24. The van der Waals surface area contributed by atoms with Crippen LogP contribution in [-0.2, 0) is 0 Å². The molecule has 1 aromatic rings. The van der Waals surface area contributed by atoms with Gasteiger partial charge in [-0.15, -0.1) is 11.6 Å².